The summed E-state index contributed by atoms with van der Waals surface area (Å²) in [7, 11) is -3.44. The van der Waals surface area contributed by atoms with Crippen LogP contribution in [0.2, 0.25) is 0 Å². The quantitative estimate of drug-likeness (QED) is 0.788. The normalized spacial score (nSPS) is 17.6. The summed E-state index contributed by atoms with van der Waals surface area (Å²) >= 11 is 1.21. The monoisotopic (exact) mass is 411 g/mol. The Hall–Kier alpha value is -1.81. The molecule has 1 aliphatic heterocycles. The molecule has 9 heteroatoms. The molecular formula is C18H22FN3O3S2. The highest BCUT2D eigenvalue weighted by atomic mass is 32.2. The second-order valence-electron chi connectivity index (χ2n) is 6.39. The molecule has 0 bridgehead atoms. The number of nitrogens with one attached hydrogen (secondary N) is 1. The summed E-state index contributed by atoms with van der Waals surface area (Å²) < 4.78 is 39.8. The van der Waals surface area contributed by atoms with Crippen LogP contribution >= 0.6 is 11.3 Å². The standard InChI is InChI=1S/C18H22FN3O3S2/c1-14(18(23)20-13-15-4-6-16(19)7-5-15)21-8-10-22(11-9-21)27(24,25)17-3-2-12-26-17/h2-7,12,14H,8-11,13H2,1H3,(H,20,23)/t14-/m1/s1. The molecule has 2 aromatic rings. The lowest BCUT2D eigenvalue weighted by Crippen LogP contribution is -2.54. The van der Waals surface area contributed by atoms with Gasteiger partial charge >= 0.3 is 0 Å². The van der Waals surface area contributed by atoms with Gasteiger partial charge in [0.2, 0.25) is 5.91 Å². The summed E-state index contributed by atoms with van der Waals surface area (Å²) in [5, 5.41) is 4.59. The lowest BCUT2D eigenvalue weighted by Gasteiger charge is -2.36. The highest BCUT2D eigenvalue weighted by molar-refractivity contribution is 7.91. The zero-order valence-corrected chi connectivity index (χ0v) is 16.6. The lowest BCUT2D eigenvalue weighted by atomic mass is 10.2. The number of hydrogen-bond acceptors (Lipinski definition) is 5. The van der Waals surface area contributed by atoms with E-state index in [1.54, 1.807) is 29.6 Å². The summed E-state index contributed by atoms with van der Waals surface area (Å²) in [6.45, 7) is 3.84. The number of amides is 1. The van der Waals surface area contributed by atoms with Gasteiger partial charge in [-0.3, -0.25) is 9.69 Å². The van der Waals surface area contributed by atoms with Gasteiger partial charge in [0.1, 0.15) is 10.0 Å². The first-order chi connectivity index (χ1) is 12.9. The van der Waals surface area contributed by atoms with Crippen molar-refractivity contribution in [1.29, 1.82) is 0 Å². The fourth-order valence-electron chi connectivity index (χ4n) is 2.97. The fourth-order valence-corrected chi connectivity index (χ4v) is 5.54. The van der Waals surface area contributed by atoms with Gasteiger partial charge in [-0.05, 0) is 36.1 Å². The number of carbonyl (C=O) groups is 1. The number of carbonyl (C=O) groups excluding carboxylic acids is 1. The predicted octanol–water partition coefficient (Wildman–Crippen LogP) is 1.90. The van der Waals surface area contributed by atoms with Crippen LogP contribution in [0.5, 0.6) is 0 Å². The van der Waals surface area contributed by atoms with Crippen LogP contribution in [-0.4, -0.2) is 55.8 Å². The minimum absolute atomic E-state index is 0.131. The van der Waals surface area contributed by atoms with E-state index in [0.717, 1.165) is 5.56 Å². The Labute approximate surface area is 162 Å². The first kappa shape index (κ1) is 19.9. The average Bonchev–Trinajstić information content (AvgIpc) is 3.22. The average molecular weight is 412 g/mol. The van der Waals surface area contributed by atoms with Crippen LogP contribution < -0.4 is 5.32 Å². The molecule has 0 unspecified atom stereocenters. The topological polar surface area (TPSA) is 69.7 Å². The molecule has 2 heterocycles. The molecule has 6 nitrogen and oxygen atoms in total. The second-order valence-corrected chi connectivity index (χ2v) is 9.50. The molecule has 0 radical (unpaired) electrons. The number of nitrogens with zero attached hydrogens (tertiary/aromatic N) is 2. The van der Waals surface area contributed by atoms with Crippen LogP contribution in [0, 0.1) is 5.82 Å². The van der Waals surface area contributed by atoms with Crippen molar-refractivity contribution in [3.63, 3.8) is 0 Å². The highest BCUT2D eigenvalue weighted by Crippen LogP contribution is 2.22. The zero-order chi connectivity index (χ0) is 19.4. The van der Waals surface area contributed by atoms with Crippen molar-refractivity contribution in [2.75, 3.05) is 26.2 Å². The summed E-state index contributed by atoms with van der Waals surface area (Å²) in [6, 6.07) is 8.95. The van der Waals surface area contributed by atoms with E-state index in [1.165, 1.54) is 27.8 Å². The van der Waals surface area contributed by atoms with Crippen molar-refractivity contribution in [1.82, 2.24) is 14.5 Å². The van der Waals surface area contributed by atoms with E-state index in [9.17, 15) is 17.6 Å². The van der Waals surface area contributed by atoms with Crippen molar-refractivity contribution in [2.24, 2.45) is 0 Å². The molecule has 1 aromatic heterocycles. The van der Waals surface area contributed by atoms with E-state index < -0.39 is 10.0 Å². The predicted molar refractivity (Wildman–Crippen MR) is 102 cm³/mol. The third kappa shape index (κ3) is 4.73. The maximum Gasteiger partial charge on any atom is 0.252 e. The first-order valence-electron chi connectivity index (χ1n) is 8.68. The minimum Gasteiger partial charge on any atom is -0.351 e. The number of halogens is 1. The van der Waals surface area contributed by atoms with Gasteiger partial charge in [0.05, 0.1) is 6.04 Å². The van der Waals surface area contributed by atoms with E-state index >= 15 is 0 Å². The molecule has 1 aromatic carbocycles. The summed E-state index contributed by atoms with van der Waals surface area (Å²) in [5.74, 6) is -0.442. The van der Waals surface area contributed by atoms with Crippen molar-refractivity contribution >= 4 is 27.3 Å². The molecule has 0 saturated carbocycles. The second kappa shape index (κ2) is 8.47. The number of piperazine rings is 1. The van der Waals surface area contributed by atoms with Crippen molar-refractivity contribution < 1.29 is 17.6 Å². The number of hydrogen-bond donors (Lipinski definition) is 1. The maximum atomic E-state index is 12.9. The Morgan fingerprint density at radius 1 is 1.19 bits per heavy atom. The number of benzene rings is 1. The van der Waals surface area contributed by atoms with E-state index in [4.69, 9.17) is 0 Å². The highest BCUT2D eigenvalue weighted by Gasteiger charge is 2.32. The summed E-state index contributed by atoms with van der Waals surface area (Å²) in [5.41, 5.74) is 0.823. The third-order valence-corrected chi connectivity index (χ3v) is 7.94. The number of thiophene rings is 1. The van der Waals surface area contributed by atoms with Crippen LogP contribution in [0.3, 0.4) is 0 Å². The summed E-state index contributed by atoms with van der Waals surface area (Å²) in [4.78, 5) is 14.4. The van der Waals surface area contributed by atoms with Crippen LogP contribution in [0.4, 0.5) is 4.39 Å². The number of sulfonamides is 1. The van der Waals surface area contributed by atoms with Crippen LogP contribution in [0.25, 0.3) is 0 Å². The SMILES string of the molecule is C[C@H](C(=O)NCc1ccc(F)cc1)N1CCN(S(=O)(=O)c2cccs2)CC1. The van der Waals surface area contributed by atoms with Crippen LogP contribution in [-0.2, 0) is 21.4 Å². The third-order valence-electron chi connectivity index (χ3n) is 4.67. The summed E-state index contributed by atoms with van der Waals surface area (Å²) in [6.07, 6.45) is 0. The van der Waals surface area contributed by atoms with Crippen molar-refractivity contribution in [2.45, 2.75) is 23.7 Å². The van der Waals surface area contributed by atoms with E-state index in [2.05, 4.69) is 5.32 Å². The smallest absolute Gasteiger partial charge is 0.252 e. The van der Waals surface area contributed by atoms with Gasteiger partial charge in [0.25, 0.3) is 10.0 Å². The molecule has 146 valence electrons. The van der Waals surface area contributed by atoms with Gasteiger partial charge < -0.3 is 5.32 Å². The molecule has 0 spiro atoms. The van der Waals surface area contributed by atoms with E-state index in [1.807, 2.05) is 11.8 Å². The molecule has 1 fully saturated rings. The largest absolute Gasteiger partial charge is 0.351 e. The van der Waals surface area contributed by atoms with Gasteiger partial charge in [0.15, 0.2) is 0 Å². The van der Waals surface area contributed by atoms with E-state index in [0.29, 0.717) is 36.9 Å². The Bertz CT molecular complexity index is 862. The van der Waals surface area contributed by atoms with Gasteiger partial charge in [-0.25, -0.2) is 12.8 Å². The molecule has 1 N–H and O–H groups in total. The zero-order valence-electron chi connectivity index (χ0n) is 15.0. The molecule has 1 atom stereocenters. The Morgan fingerprint density at radius 2 is 1.85 bits per heavy atom. The molecule has 1 amide bonds. The van der Waals surface area contributed by atoms with Crippen molar-refractivity contribution in [3.05, 3.63) is 53.2 Å². The fraction of sp³-hybridized carbons (Fsp3) is 0.389. The Balaban J connectivity index is 1.51. The number of rotatable bonds is 6. The van der Waals surface area contributed by atoms with Crippen molar-refractivity contribution in [3.8, 4) is 0 Å². The molecule has 1 aliphatic rings. The van der Waals surface area contributed by atoms with Gasteiger partial charge in [-0.1, -0.05) is 18.2 Å². The van der Waals surface area contributed by atoms with E-state index in [-0.39, 0.29) is 17.8 Å². The Morgan fingerprint density at radius 3 is 2.44 bits per heavy atom. The molecule has 1 saturated heterocycles. The van der Waals surface area contributed by atoms with Gasteiger partial charge in [-0.2, -0.15) is 4.31 Å². The molecule has 0 aliphatic carbocycles. The van der Waals surface area contributed by atoms with Gasteiger partial charge in [-0.15, -0.1) is 11.3 Å². The minimum atomic E-state index is -3.44. The molecule has 27 heavy (non-hydrogen) atoms. The lowest BCUT2D eigenvalue weighted by molar-refractivity contribution is -0.126. The van der Waals surface area contributed by atoms with Gasteiger partial charge in [0, 0.05) is 32.7 Å². The van der Waals surface area contributed by atoms with Crippen LogP contribution in [0.15, 0.2) is 46.0 Å². The van der Waals surface area contributed by atoms with Crippen LogP contribution in [0.1, 0.15) is 12.5 Å². The maximum absolute atomic E-state index is 12.9. The first-order valence-corrected chi connectivity index (χ1v) is 11.0. The Kier molecular flexibility index (Phi) is 6.25. The molecular weight excluding hydrogens is 389 g/mol. The molecule has 3 rings (SSSR count).